The van der Waals surface area contributed by atoms with Crippen molar-refractivity contribution in [3.05, 3.63) is 54.0 Å². The zero-order valence-electron chi connectivity index (χ0n) is 13.4. The molecule has 2 N–H and O–H groups in total. The number of hydrogen-bond donors (Lipinski definition) is 2. The maximum Gasteiger partial charge on any atom is 0.229 e. The molecular weight excluding hydrogens is 316 g/mol. The highest BCUT2D eigenvalue weighted by Crippen LogP contribution is 2.22. The van der Waals surface area contributed by atoms with E-state index in [1.807, 2.05) is 31.2 Å². The van der Waals surface area contributed by atoms with Gasteiger partial charge in [0, 0.05) is 18.8 Å². The first-order chi connectivity index (χ1) is 10.9. The van der Waals surface area contributed by atoms with E-state index in [-0.39, 0.29) is 12.1 Å². The first-order valence-electron chi connectivity index (χ1n) is 7.25. The summed E-state index contributed by atoms with van der Waals surface area (Å²) < 4.78 is 35.6. The molecule has 0 unspecified atom stereocenters. The summed E-state index contributed by atoms with van der Waals surface area (Å²) in [5.41, 5.74) is 1.58. The van der Waals surface area contributed by atoms with Crippen LogP contribution in [0.1, 0.15) is 30.3 Å². The van der Waals surface area contributed by atoms with Crippen molar-refractivity contribution in [1.29, 1.82) is 0 Å². The molecule has 1 aromatic carbocycles. The minimum atomic E-state index is -3.26. The Morgan fingerprint density at radius 2 is 1.91 bits per heavy atom. The monoisotopic (exact) mass is 338 g/mol. The molecule has 126 valence electrons. The third-order valence-electron chi connectivity index (χ3n) is 3.39. The van der Waals surface area contributed by atoms with Crippen molar-refractivity contribution in [1.82, 2.24) is 5.32 Å². The molecule has 2 atom stereocenters. The number of methoxy groups -OCH3 is 1. The highest BCUT2D eigenvalue weighted by atomic mass is 32.2. The Balaban J connectivity index is 2.05. The van der Waals surface area contributed by atoms with Gasteiger partial charge in [-0.05, 0) is 36.8 Å². The van der Waals surface area contributed by atoms with Crippen molar-refractivity contribution in [2.75, 3.05) is 24.7 Å². The van der Waals surface area contributed by atoms with Gasteiger partial charge in [-0.25, -0.2) is 8.42 Å². The van der Waals surface area contributed by atoms with Gasteiger partial charge in [0.1, 0.15) is 5.76 Å². The largest absolute Gasteiger partial charge is 0.468 e. The van der Waals surface area contributed by atoms with Crippen LogP contribution < -0.4 is 10.0 Å². The molecule has 1 heterocycles. The van der Waals surface area contributed by atoms with Crippen LogP contribution in [-0.2, 0) is 14.8 Å². The lowest BCUT2D eigenvalue weighted by Crippen LogP contribution is -2.27. The summed E-state index contributed by atoms with van der Waals surface area (Å²) in [5, 5.41) is 3.45. The summed E-state index contributed by atoms with van der Waals surface area (Å²) in [6.07, 6.45) is 2.76. The van der Waals surface area contributed by atoms with Gasteiger partial charge in [0.25, 0.3) is 0 Å². The van der Waals surface area contributed by atoms with Gasteiger partial charge in [0.15, 0.2) is 0 Å². The molecule has 23 heavy (non-hydrogen) atoms. The van der Waals surface area contributed by atoms with Gasteiger partial charge < -0.3 is 9.15 Å². The Morgan fingerprint density at radius 3 is 2.43 bits per heavy atom. The summed E-state index contributed by atoms with van der Waals surface area (Å²) in [6.45, 7) is 2.52. The van der Waals surface area contributed by atoms with E-state index in [0.29, 0.717) is 12.3 Å². The first-order valence-corrected chi connectivity index (χ1v) is 9.14. The molecule has 6 nitrogen and oxygen atoms in total. The highest BCUT2D eigenvalue weighted by Gasteiger charge is 2.17. The second-order valence-electron chi connectivity index (χ2n) is 5.41. The smallest absolute Gasteiger partial charge is 0.229 e. The molecule has 7 heteroatoms. The maximum absolute atomic E-state index is 11.2. The van der Waals surface area contributed by atoms with E-state index in [0.717, 1.165) is 17.6 Å². The van der Waals surface area contributed by atoms with Crippen LogP contribution in [0, 0.1) is 0 Å². The standard InChI is InChI=1S/C16H22N2O4S/c1-12(17-15(11-21-2)16-5-4-10-22-16)13-6-8-14(9-7-13)18-23(3,19)20/h4-10,12,15,17-18H,11H2,1-3H3/t12-,15+/m0/s1. The number of nitrogens with one attached hydrogen (secondary N) is 2. The van der Waals surface area contributed by atoms with E-state index >= 15 is 0 Å². The summed E-state index contributed by atoms with van der Waals surface area (Å²) in [4.78, 5) is 0. The van der Waals surface area contributed by atoms with Crippen LogP contribution in [0.15, 0.2) is 47.1 Å². The molecule has 0 saturated heterocycles. The minimum absolute atomic E-state index is 0.0486. The Morgan fingerprint density at radius 1 is 1.22 bits per heavy atom. The van der Waals surface area contributed by atoms with Crippen LogP contribution in [0.2, 0.25) is 0 Å². The number of anilines is 1. The Bertz CT molecular complexity index is 696. The number of ether oxygens (including phenoxy) is 1. The molecule has 2 rings (SSSR count). The van der Waals surface area contributed by atoms with Gasteiger partial charge in [0.05, 0.1) is 25.2 Å². The molecule has 0 amide bonds. The minimum Gasteiger partial charge on any atom is -0.468 e. The Hall–Kier alpha value is -1.83. The molecule has 0 radical (unpaired) electrons. The number of rotatable bonds is 8. The third kappa shape index (κ3) is 5.38. The second-order valence-corrected chi connectivity index (χ2v) is 7.16. The summed E-state index contributed by atoms with van der Waals surface area (Å²) in [6, 6.07) is 11.0. The van der Waals surface area contributed by atoms with Crippen molar-refractivity contribution in [3.8, 4) is 0 Å². The van der Waals surface area contributed by atoms with E-state index in [1.165, 1.54) is 0 Å². The maximum atomic E-state index is 11.2. The van der Waals surface area contributed by atoms with Crippen molar-refractivity contribution in [2.24, 2.45) is 0 Å². The predicted octanol–water partition coefficient (Wildman–Crippen LogP) is 2.69. The molecule has 0 aliphatic rings. The summed E-state index contributed by atoms with van der Waals surface area (Å²) >= 11 is 0. The average molecular weight is 338 g/mol. The fraction of sp³-hybridized carbons (Fsp3) is 0.375. The SMILES string of the molecule is COC[C@@H](N[C@@H](C)c1ccc(NS(C)(=O)=O)cc1)c1ccco1. The third-order valence-corrected chi connectivity index (χ3v) is 3.99. The van der Waals surface area contributed by atoms with Crippen molar-refractivity contribution in [3.63, 3.8) is 0 Å². The lowest BCUT2D eigenvalue weighted by atomic mass is 10.1. The van der Waals surface area contributed by atoms with Gasteiger partial charge in [-0.1, -0.05) is 12.1 Å². The van der Waals surface area contributed by atoms with Crippen molar-refractivity contribution in [2.45, 2.75) is 19.0 Å². The van der Waals surface area contributed by atoms with Crippen LogP contribution in [-0.4, -0.2) is 28.4 Å². The van der Waals surface area contributed by atoms with Crippen LogP contribution in [0.3, 0.4) is 0 Å². The van der Waals surface area contributed by atoms with Gasteiger partial charge in [-0.15, -0.1) is 0 Å². The molecule has 0 bridgehead atoms. The zero-order valence-corrected chi connectivity index (χ0v) is 14.3. The number of sulfonamides is 1. The lowest BCUT2D eigenvalue weighted by Gasteiger charge is -2.22. The van der Waals surface area contributed by atoms with E-state index in [4.69, 9.17) is 9.15 Å². The quantitative estimate of drug-likeness (QED) is 0.773. The van der Waals surface area contributed by atoms with E-state index in [2.05, 4.69) is 10.0 Å². The van der Waals surface area contributed by atoms with E-state index in [1.54, 1.807) is 25.5 Å². The Kier molecular flexibility index (Phi) is 5.81. The second kappa shape index (κ2) is 7.63. The number of furan rings is 1. The normalized spacial score (nSPS) is 14.4. The van der Waals surface area contributed by atoms with Crippen LogP contribution >= 0.6 is 0 Å². The molecule has 0 aliphatic carbocycles. The molecule has 2 aromatic rings. The van der Waals surface area contributed by atoms with Crippen molar-refractivity contribution < 1.29 is 17.6 Å². The molecular formula is C16H22N2O4S. The molecule has 1 aromatic heterocycles. The van der Waals surface area contributed by atoms with Gasteiger partial charge in [-0.3, -0.25) is 10.0 Å². The molecule has 0 fully saturated rings. The molecule has 0 spiro atoms. The van der Waals surface area contributed by atoms with Gasteiger partial charge in [0.2, 0.25) is 10.0 Å². The van der Waals surface area contributed by atoms with Crippen molar-refractivity contribution >= 4 is 15.7 Å². The fourth-order valence-corrected chi connectivity index (χ4v) is 2.88. The van der Waals surface area contributed by atoms with Crippen LogP contribution in [0.4, 0.5) is 5.69 Å². The first kappa shape index (κ1) is 17.5. The lowest BCUT2D eigenvalue weighted by molar-refractivity contribution is 0.152. The zero-order chi connectivity index (χ0) is 16.9. The highest BCUT2D eigenvalue weighted by molar-refractivity contribution is 7.92. The van der Waals surface area contributed by atoms with Gasteiger partial charge >= 0.3 is 0 Å². The van der Waals surface area contributed by atoms with E-state index < -0.39 is 10.0 Å². The predicted molar refractivity (Wildman–Crippen MR) is 89.8 cm³/mol. The van der Waals surface area contributed by atoms with Gasteiger partial charge in [-0.2, -0.15) is 0 Å². The van der Waals surface area contributed by atoms with Crippen LogP contribution in [0.5, 0.6) is 0 Å². The molecule has 0 aliphatic heterocycles. The fourth-order valence-electron chi connectivity index (χ4n) is 2.32. The Labute approximate surface area is 136 Å². The topological polar surface area (TPSA) is 80.6 Å². The number of hydrogen-bond acceptors (Lipinski definition) is 5. The summed E-state index contributed by atoms with van der Waals surface area (Å²) in [7, 11) is -1.61. The van der Waals surface area contributed by atoms with Crippen LogP contribution in [0.25, 0.3) is 0 Å². The average Bonchev–Trinajstić information content (AvgIpc) is 3.00. The summed E-state index contributed by atoms with van der Waals surface area (Å²) in [5.74, 6) is 0.814. The number of benzene rings is 1. The molecule has 0 saturated carbocycles. The van der Waals surface area contributed by atoms with E-state index in [9.17, 15) is 8.42 Å².